The van der Waals surface area contributed by atoms with Crippen molar-refractivity contribution >= 4 is 23.6 Å². The van der Waals surface area contributed by atoms with Crippen molar-refractivity contribution in [2.45, 2.75) is 0 Å². The summed E-state index contributed by atoms with van der Waals surface area (Å²) in [6, 6.07) is 0. The van der Waals surface area contributed by atoms with Crippen LogP contribution in [0.1, 0.15) is 0 Å². The highest BCUT2D eigenvalue weighted by Gasteiger charge is 2.22. The molecular formula is C6H10N2O3S. The lowest BCUT2D eigenvalue weighted by molar-refractivity contribution is -0.137. The zero-order chi connectivity index (χ0) is 8.97. The van der Waals surface area contributed by atoms with Crippen molar-refractivity contribution < 1.29 is 14.4 Å². The fraction of sp³-hybridized carbons (Fsp3) is 0.667. The smallest absolute Gasteiger partial charge is 0.263 e. The molecule has 0 radical (unpaired) electrons. The van der Waals surface area contributed by atoms with Crippen molar-refractivity contribution in [3.63, 3.8) is 0 Å². The highest BCUT2D eigenvalue weighted by molar-refractivity contribution is 8.00. The van der Waals surface area contributed by atoms with Gasteiger partial charge in [0.15, 0.2) is 0 Å². The Balaban J connectivity index is 2.30. The van der Waals surface area contributed by atoms with E-state index in [9.17, 15) is 9.59 Å². The van der Waals surface area contributed by atoms with Crippen LogP contribution in [0.15, 0.2) is 0 Å². The number of nitrogens with zero attached hydrogens (tertiary/aromatic N) is 1. The molecular weight excluding hydrogens is 180 g/mol. The number of hydroxylamine groups is 1. The van der Waals surface area contributed by atoms with Crippen LogP contribution in [0.4, 0.5) is 0 Å². The van der Waals surface area contributed by atoms with Gasteiger partial charge in [0.2, 0.25) is 5.91 Å². The predicted octanol–water partition coefficient (Wildman–Crippen LogP) is -0.803. The lowest BCUT2D eigenvalue weighted by Crippen LogP contribution is -2.37. The largest absolute Gasteiger partial charge is 0.323 e. The molecule has 68 valence electrons. The number of hydrogen-bond donors (Lipinski definition) is 1. The molecule has 0 aromatic carbocycles. The fourth-order valence-corrected chi connectivity index (χ4v) is 1.76. The maximum absolute atomic E-state index is 11.0. The third-order valence-corrected chi connectivity index (χ3v) is 2.32. The van der Waals surface area contributed by atoms with Gasteiger partial charge in [0.05, 0.1) is 18.7 Å². The van der Waals surface area contributed by atoms with E-state index in [4.69, 9.17) is 0 Å². The number of rotatable bonds is 3. The number of amides is 2. The molecule has 1 N–H and O–H groups in total. The molecule has 0 spiro atoms. The van der Waals surface area contributed by atoms with Crippen LogP contribution in [-0.4, -0.2) is 42.0 Å². The molecule has 5 nitrogen and oxygen atoms in total. The summed E-state index contributed by atoms with van der Waals surface area (Å²) in [6.07, 6.45) is 0. The minimum absolute atomic E-state index is 0.00579. The van der Waals surface area contributed by atoms with E-state index in [1.54, 1.807) is 0 Å². The average Bonchev–Trinajstić information content (AvgIpc) is 2.37. The van der Waals surface area contributed by atoms with Gasteiger partial charge in [-0.3, -0.25) is 14.4 Å². The molecule has 1 rings (SSSR count). The molecule has 2 amide bonds. The van der Waals surface area contributed by atoms with E-state index >= 15 is 0 Å². The monoisotopic (exact) mass is 190 g/mol. The van der Waals surface area contributed by atoms with E-state index in [1.165, 1.54) is 23.8 Å². The highest BCUT2D eigenvalue weighted by Crippen LogP contribution is 2.13. The molecule has 0 bridgehead atoms. The number of nitrogens with one attached hydrogen (secondary N) is 1. The van der Waals surface area contributed by atoms with Crippen LogP contribution in [-0.2, 0) is 14.4 Å². The molecule has 12 heavy (non-hydrogen) atoms. The summed E-state index contributed by atoms with van der Waals surface area (Å²) in [5, 5.41) is 0. The lowest BCUT2D eigenvalue weighted by atomic mass is 10.5. The van der Waals surface area contributed by atoms with E-state index in [1.807, 2.05) is 0 Å². The number of thioether (sulfide) groups is 1. The van der Waals surface area contributed by atoms with Gasteiger partial charge < -0.3 is 4.90 Å². The molecule has 1 aliphatic heterocycles. The quantitative estimate of drug-likeness (QED) is 0.592. The maximum Gasteiger partial charge on any atom is 0.263 e. The third-order valence-electron chi connectivity index (χ3n) is 1.38. The van der Waals surface area contributed by atoms with Crippen LogP contribution in [0.3, 0.4) is 0 Å². The molecule has 1 fully saturated rings. The third kappa shape index (κ3) is 2.38. The van der Waals surface area contributed by atoms with E-state index in [0.29, 0.717) is 11.6 Å². The Labute approximate surface area is 74.4 Å². The number of hydrogen-bond acceptors (Lipinski definition) is 4. The Morgan fingerprint density at radius 3 is 3.08 bits per heavy atom. The summed E-state index contributed by atoms with van der Waals surface area (Å²) in [5.41, 5.74) is 2.15. The van der Waals surface area contributed by atoms with Crippen LogP contribution < -0.4 is 5.48 Å². The number of carbonyl (C=O) groups is 2. The summed E-state index contributed by atoms with van der Waals surface area (Å²) in [6.45, 7) is 0.0830. The minimum Gasteiger partial charge on any atom is -0.323 e. The molecule has 0 saturated carbocycles. The van der Waals surface area contributed by atoms with Gasteiger partial charge in [0.25, 0.3) is 5.91 Å². The summed E-state index contributed by atoms with van der Waals surface area (Å²) in [5.74, 6) is 0.774. The number of carbonyl (C=O) groups excluding carboxylic acids is 2. The summed E-state index contributed by atoms with van der Waals surface area (Å²) in [4.78, 5) is 27.8. The summed E-state index contributed by atoms with van der Waals surface area (Å²) >= 11 is 1.51. The second-order valence-corrected chi connectivity index (χ2v) is 3.25. The second kappa shape index (κ2) is 4.32. The van der Waals surface area contributed by atoms with Crippen LogP contribution in [0.2, 0.25) is 0 Å². The Bertz CT molecular complexity index is 197. The van der Waals surface area contributed by atoms with Crippen molar-refractivity contribution in [3.05, 3.63) is 0 Å². The molecule has 0 unspecified atom stereocenters. The molecule has 1 aliphatic rings. The van der Waals surface area contributed by atoms with Gasteiger partial charge in [0.1, 0.15) is 6.54 Å². The normalized spacial score (nSPS) is 16.8. The molecule has 1 saturated heterocycles. The van der Waals surface area contributed by atoms with Crippen LogP contribution >= 0.6 is 11.8 Å². The Morgan fingerprint density at radius 1 is 1.83 bits per heavy atom. The molecule has 0 aliphatic carbocycles. The van der Waals surface area contributed by atoms with Crippen LogP contribution in [0.25, 0.3) is 0 Å². The van der Waals surface area contributed by atoms with Crippen molar-refractivity contribution in [2.75, 3.05) is 25.3 Å². The van der Waals surface area contributed by atoms with Crippen molar-refractivity contribution in [3.8, 4) is 0 Å². The van der Waals surface area contributed by atoms with Gasteiger partial charge in [-0.2, -0.15) is 0 Å². The zero-order valence-electron chi connectivity index (χ0n) is 6.70. The second-order valence-electron chi connectivity index (χ2n) is 2.30. The average molecular weight is 190 g/mol. The Kier molecular flexibility index (Phi) is 3.36. The Morgan fingerprint density at radius 2 is 2.58 bits per heavy atom. The fourth-order valence-electron chi connectivity index (χ4n) is 0.860. The van der Waals surface area contributed by atoms with E-state index < -0.39 is 0 Å². The Hall–Kier alpha value is -0.750. The first-order valence-corrected chi connectivity index (χ1v) is 4.57. The molecule has 0 aromatic rings. The van der Waals surface area contributed by atoms with Crippen LogP contribution in [0.5, 0.6) is 0 Å². The topological polar surface area (TPSA) is 58.6 Å². The SMILES string of the molecule is CONC(=O)CN1CSCC1=O. The first-order chi connectivity index (χ1) is 5.74. The van der Waals surface area contributed by atoms with Gasteiger partial charge in [-0.15, -0.1) is 11.8 Å². The van der Waals surface area contributed by atoms with Gasteiger partial charge in [-0.1, -0.05) is 0 Å². The van der Waals surface area contributed by atoms with Gasteiger partial charge in [-0.25, -0.2) is 5.48 Å². The highest BCUT2D eigenvalue weighted by atomic mass is 32.2. The van der Waals surface area contributed by atoms with E-state index in [0.717, 1.165) is 0 Å². The standard InChI is InChI=1S/C6H10N2O3S/c1-11-7-5(9)2-8-4-12-3-6(8)10/h2-4H2,1H3,(H,7,9). The molecule has 0 aromatic heterocycles. The maximum atomic E-state index is 11.0. The molecule has 1 heterocycles. The summed E-state index contributed by atoms with van der Waals surface area (Å²) < 4.78 is 0. The summed E-state index contributed by atoms with van der Waals surface area (Å²) in [7, 11) is 1.36. The molecule has 0 atom stereocenters. The first kappa shape index (κ1) is 9.34. The van der Waals surface area contributed by atoms with Crippen LogP contribution in [0, 0.1) is 0 Å². The van der Waals surface area contributed by atoms with Gasteiger partial charge in [0, 0.05) is 0 Å². The molecule has 6 heteroatoms. The first-order valence-electron chi connectivity index (χ1n) is 3.41. The van der Waals surface area contributed by atoms with Gasteiger partial charge >= 0.3 is 0 Å². The van der Waals surface area contributed by atoms with Gasteiger partial charge in [-0.05, 0) is 0 Å². The minimum atomic E-state index is -0.298. The zero-order valence-corrected chi connectivity index (χ0v) is 7.52. The van der Waals surface area contributed by atoms with E-state index in [2.05, 4.69) is 10.3 Å². The lowest BCUT2D eigenvalue weighted by Gasteiger charge is -2.12. The van der Waals surface area contributed by atoms with Crippen molar-refractivity contribution in [1.82, 2.24) is 10.4 Å². The van der Waals surface area contributed by atoms with Crippen molar-refractivity contribution in [1.29, 1.82) is 0 Å². The van der Waals surface area contributed by atoms with E-state index in [-0.39, 0.29) is 18.4 Å². The predicted molar refractivity (Wildman–Crippen MR) is 44.2 cm³/mol. The van der Waals surface area contributed by atoms with Crippen molar-refractivity contribution in [2.24, 2.45) is 0 Å².